The van der Waals surface area contributed by atoms with Crippen LogP contribution in [0.3, 0.4) is 0 Å². The van der Waals surface area contributed by atoms with E-state index in [0.717, 1.165) is 5.69 Å². The Morgan fingerprint density at radius 3 is 2.96 bits per heavy atom. The van der Waals surface area contributed by atoms with Crippen LogP contribution in [0.5, 0.6) is 5.75 Å². The van der Waals surface area contributed by atoms with Crippen LogP contribution in [0.25, 0.3) is 0 Å². The molecule has 3 N–H and O–H groups in total. The second kappa shape index (κ2) is 8.30. The van der Waals surface area contributed by atoms with Crippen molar-refractivity contribution in [1.29, 1.82) is 0 Å². The summed E-state index contributed by atoms with van der Waals surface area (Å²) in [6.07, 6.45) is 1.13. The summed E-state index contributed by atoms with van der Waals surface area (Å²) in [5.74, 6) is 1.19. The molecule has 0 aliphatic carbocycles. The molecule has 2 aromatic heterocycles. The molecular formula is C14H18N4O4S. The summed E-state index contributed by atoms with van der Waals surface area (Å²) < 4.78 is 6.92. The Kier molecular flexibility index (Phi) is 6.12. The molecule has 23 heavy (non-hydrogen) atoms. The Bertz CT molecular complexity index is 708. The Hall–Kier alpha value is -2.39. The molecule has 2 heterocycles. The number of hydrogen-bond acceptors (Lipinski definition) is 6. The number of carboxylic acid groups (broad SMARTS) is 1. The fraction of sp³-hybridized carbons (Fsp3) is 0.357. The average Bonchev–Trinajstić information content (AvgIpc) is 2.94. The van der Waals surface area contributed by atoms with E-state index < -0.39 is 6.09 Å². The first-order chi connectivity index (χ1) is 11.1. The van der Waals surface area contributed by atoms with Crippen LogP contribution in [-0.4, -0.2) is 39.5 Å². The first-order valence-corrected chi connectivity index (χ1v) is 7.81. The molecule has 2 aromatic rings. The Morgan fingerprint density at radius 1 is 1.52 bits per heavy atom. The molecule has 0 saturated heterocycles. The Labute approximate surface area is 136 Å². The summed E-state index contributed by atoms with van der Waals surface area (Å²) in [4.78, 5) is 19.8. The summed E-state index contributed by atoms with van der Waals surface area (Å²) in [5, 5.41) is 22.1. The maximum atomic E-state index is 10.5. The van der Waals surface area contributed by atoms with Gasteiger partial charge in [0.15, 0.2) is 10.6 Å². The molecule has 0 radical (unpaired) electrons. The summed E-state index contributed by atoms with van der Waals surface area (Å²) in [7, 11) is 1.57. The molecule has 0 aromatic carbocycles. The summed E-state index contributed by atoms with van der Waals surface area (Å²) >= 11 is 1.40. The van der Waals surface area contributed by atoms with Gasteiger partial charge < -0.3 is 24.8 Å². The average molecular weight is 338 g/mol. The third-order valence-electron chi connectivity index (χ3n) is 3.04. The molecule has 8 nitrogen and oxygen atoms in total. The van der Waals surface area contributed by atoms with Gasteiger partial charge in [0.25, 0.3) is 0 Å². The molecule has 1 amide bonds. The van der Waals surface area contributed by atoms with Gasteiger partial charge in [0.2, 0.25) is 0 Å². The third-order valence-corrected chi connectivity index (χ3v) is 3.95. The molecular weight excluding hydrogens is 320 g/mol. The van der Waals surface area contributed by atoms with Crippen LogP contribution < -0.4 is 14.9 Å². The highest BCUT2D eigenvalue weighted by molar-refractivity contribution is 7.07. The minimum Gasteiger partial charge on any atom is -0.495 e. The number of amides is 1. The van der Waals surface area contributed by atoms with Crippen molar-refractivity contribution < 1.29 is 19.7 Å². The first kappa shape index (κ1) is 17.0. The number of methoxy groups -OCH3 is 1. The number of nitrogens with one attached hydrogen (secondary N) is 1. The van der Waals surface area contributed by atoms with Gasteiger partial charge in [-0.3, -0.25) is 0 Å². The van der Waals surface area contributed by atoms with Crippen LogP contribution in [0.1, 0.15) is 12.1 Å². The van der Waals surface area contributed by atoms with E-state index in [1.54, 1.807) is 25.4 Å². The largest absolute Gasteiger partial charge is 0.495 e. The van der Waals surface area contributed by atoms with Gasteiger partial charge in [-0.05, 0) is 18.6 Å². The maximum Gasteiger partial charge on any atom is 0.404 e. The summed E-state index contributed by atoms with van der Waals surface area (Å²) in [6, 6.07) is 3.51. The number of aliphatic hydroxyl groups is 1. The number of aromatic nitrogens is 2. The molecule has 0 unspecified atom stereocenters. The Balaban J connectivity index is 2.18. The molecule has 0 aliphatic rings. The van der Waals surface area contributed by atoms with E-state index in [-0.39, 0.29) is 6.61 Å². The molecule has 2 rings (SSSR count). The Morgan fingerprint density at radius 2 is 2.35 bits per heavy atom. The molecule has 0 atom stereocenters. The van der Waals surface area contributed by atoms with Crippen LogP contribution in [0, 0.1) is 0 Å². The standard InChI is InChI=1S/C14H18N4O4S/c1-22-11-3-4-12(16-7-11)17-13-18(10(8-19)9-23-13)6-2-5-15-14(20)21/h3-4,7,9,15,19H,2,5-6,8H2,1H3,(H,20,21)/b17-13-. The predicted octanol–water partition coefficient (Wildman–Crippen LogP) is 1.34. The third kappa shape index (κ3) is 4.80. The van der Waals surface area contributed by atoms with Crippen LogP contribution in [0.15, 0.2) is 28.7 Å². The zero-order valence-corrected chi connectivity index (χ0v) is 13.4. The van der Waals surface area contributed by atoms with Crippen LogP contribution >= 0.6 is 11.3 Å². The number of aliphatic hydroxyl groups excluding tert-OH is 1. The topological polar surface area (TPSA) is 109 Å². The highest BCUT2D eigenvalue weighted by atomic mass is 32.1. The van der Waals surface area contributed by atoms with Gasteiger partial charge in [-0.2, -0.15) is 0 Å². The lowest BCUT2D eigenvalue weighted by Crippen LogP contribution is -2.25. The van der Waals surface area contributed by atoms with E-state index in [1.807, 2.05) is 9.95 Å². The summed E-state index contributed by atoms with van der Waals surface area (Å²) in [6.45, 7) is 0.784. The lowest BCUT2D eigenvalue weighted by atomic mass is 10.4. The lowest BCUT2D eigenvalue weighted by Gasteiger charge is -2.07. The van der Waals surface area contributed by atoms with Crippen molar-refractivity contribution in [2.75, 3.05) is 13.7 Å². The van der Waals surface area contributed by atoms with Crippen molar-refractivity contribution in [3.63, 3.8) is 0 Å². The predicted molar refractivity (Wildman–Crippen MR) is 84.9 cm³/mol. The van der Waals surface area contributed by atoms with E-state index in [4.69, 9.17) is 9.84 Å². The highest BCUT2D eigenvalue weighted by Crippen LogP contribution is 2.13. The highest BCUT2D eigenvalue weighted by Gasteiger charge is 2.05. The zero-order chi connectivity index (χ0) is 16.7. The molecule has 0 fully saturated rings. The molecule has 0 saturated carbocycles. The normalized spacial score (nSPS) is 11.5. The second-order valence-electron chi connectivity index (χ2n) is 4.57. The van der Waals surface area contributed by atoms with Crippen LogP contribution in [-0.2, 0) is 13.2 Å². The fourth-order valence-corrected chi connectivity index (χ4v) is 2.83. The molecule has 0 spiro atoms. The van der Waals surface area contributed by atoms with Crippen LogP contribution in [0.2, 0.25) is 0 Å². The molecule has 9 heteroatoms. The monoisotopic (exact) mass is 338 g/mol. The van der Waals surface area contributed by atoms with Crippen LogP contribution in [0.4, 0.5) is 10.6 Å². The molecule has 124 valence electrons. The maximum absolute atomic E-state index is 10.5. The van der Waals surface area contributed by atoms with E-state index in [9.17, 15) is 9.90 Å². The van der Waals surface area contributed by atoms with E-state index >= 15 is 0 Å². The van der Waals surface area contributed by atoms with Crippen molar-refractivity contribution >= 4 is 23.2 Å². The van der Waals surface area contributed by atoms with E-state index in [2.05, 4.69) is 15.3 Å². The number of carbonyl (C=O) groups is 1. The summed E-state index contributed by atoms with van der Waals surface area (Å²) in [5.41, 5.74) is 0.734. The SMILES string of the molecule is COc1ccc(/N=c2\scc(CO)n2CCCNC(=O)O)nc1. The van der Waals surface area contributed by atoms with Crippen molar-refractivity contribution in [2.45, 2.75) is 19.6 Å². The van der Waals surface area contributed by atoms with Gasteiger partial charge in [0, 0.05) is 18.5 Å². The van der Waals surface area contributed by atoms with Crippen molar-refractivity contribution in [3.05, 3.63) is 34.2 Å². The minimum absolute atomic E-state index is 0.103. The second-order valence-corrected chi connectivity index (χ2v) is 5.41. The number of thiazole rings is 1. The van der Waals surface area contributed by atoms with Gasteiger partial charge in [-0.25, -0.2) is 14.8 Å². The van der Waals surface area contributed by atoms with Gasteiger partial charge in [0.1, 0.15) is 5.75 Å². The number of ether oxygens (including phenoxy) is 1. The quantitative estimate of drug-likeness (QED) is 0.660. The van der Waals surface area contributed by atoms with E-state index in [1.165, 1.54) is 11.3 Å². The van der Waals surface area contributed by atoms with Crippen molar-refractivity contribution in [3.8, 4) is 5.75 Å². The smallest absolute Gasteiger partial charge is 0.404 e. The number of nitrogens with zero attached hydrogens (tertiary/aromatic N) is 3. The number of hydrogen-bond donors (Lipinski definition) is 3. The zero-order valence-electron chi connectivity index (χ0n) is 12.6. The van der Waals surface area contributed by atoms with Gasteiger partial charge in [0.05, 0.1) is 25.6 Å². The lowest BCUT2D eigenvalue weighted by molar-refractivity contribution is 0.194. The van der Waals surface area contributed by atoms with Crippen molar-refractivity contribution in [1.82, 2.24) is 14.9 Å². The van der Waals surface area contributed by atoms with E-state index in [0.29, 0.717) is 35.9 Å². The van der Waals surface area contributed by atoms with Crippen molar-refractivity contribution in [2.24, 2.45) is 4.99 Å². The fourth-order valence-electron chi connectivity index (χ4n) is 1.91. The van der Waals surface area contributed by atoms with Gasteiger partial charge in [-0.15, -0.1) is 11.3 Å². The minimum atomic E-state index is -1.05. The molecule has 0 bridgehead atoms. The number of pyridine rings is 1. The molecule has 0 aliphatic heterocycles. The van der Waals surface area contributed by atoms with Gasteiger partial charge in [-0.1, -0.05) is 0 Å². The van der Waals surface area contributed by atoms with Gasteiger partial charge >= 0.3 is 6.09 Å². The first-order valence-electron chi connectivity index (χ1n) is 6.93. The number of rotatable bonds is 7.